The lowest BCUT2D eigenvalue weighted by molar-refractivity contribution is 0.101. The molecule has 5 heteroatoms. The molecule has 4 rings (SSSR count). The molecule has 2 aromatic heterocycles. The molecule has 0 aliphatic carbocycles. The number of ketones is 1. The molecule has 4 aromatic rings. The van der Waals surface area contributed by atoms with Gasteiger partial charge in [-0.3, -0.25) is 14.8 Å². The zero-order valence-corrected chi connectivity index (χ0v) is 19.5. The van der Waals surface area contributed by atoms with Gasteiger partial charge in [-0.25, -0.2) is 0 Å². The van der Waals surface area contributed by atoms with Crippen LogP contribution in [0.15, 0.2) is 90.5 Å². The Balaban J connectivity index is 0.000000174. The minimum Gasteiger partial charge on any atom is -0.502 e. The minimum absolute atomic E-state index is 0.0820. The van der Waals surface area contributed by atoms with E-state index in [2.05, 4.69) is 45.5 Å². The largest absolute Gasteiger partial charge is 0.502 e. The maximum absolute atomic E-state index is 11.2. The minimum atomic E-state index is 0.0820. The Morgan fingerprint density at radius 1 is 1.06 bits per heavy atom. The zero-order chi connectivity index (χ0) is 22.5. The first kappa shape index (κ1) is 24.2. The lowest BCUT2D eigenvalue weighted by Gasteiger charge is -2.00. The highest BCUT2D eigenvalue weighted by Gasteiger charge is 2.04. The second-order valence-electron chi connectivity index (χ2n) is 6.67. The van der Waals surface area contributed by atoms with Gasteiger partial charge in [0, 0.05) is 39.4 Å². The van der Waals surface area contributed by atoms with Gasteiger partial charge in [0.15, 0.2) is 5.78 Å². The van der Waals surface area contributed by atoms with Crippen LogP contribution in [0.5, 0.6) is 0 Å². The summed E-state index contributed by atoms with van der Waals surface area (Å²) in [6.07, 6.45) is 9.14. The standard InChI is InChI=1S/C11H9NO.C9H6BrN.C6H12O/c1-8(13)9-6-7-12-11-5-3-2-4-10(9)11;10-9-6-11-5-7-3-1-2-4-8(7)9;1-3-5-6-7-4-2/h2-7H,1H3;1-6H;4H,2-3,5-6H2,1H3. The maximum atomic E-state index is 11.2. The predicted molar refractivity (Wildman–Crippen MR) is 132 cm³/mol. The third-order valence-electron chi connectivity index (χ3n) is 4.38. The van der Waals surface area contributed by atoms with Gasteiger partial charge in [-0.2, -0.15) is 0 Å². The summed E-state index contributed by atoms with van der Waals surface area (Å²) in [5.74, 6) is 0.0820. The van der Waals surface area contributed by atoms with Gasteiger partial charge in [-0.1, -0.05) is 62.4 Å². The molecule has 0 radical (unpaired) electrons. The van der Waals surface area contributed by atoms with Gasteiger partial charge in [0.25, 0.3) is 0 Å². The smallest absolute Gasteiger partial charge is 0.160 e. The molecule has 31 heavy (non-hydrogen) atoms. The summed E-state index contributed by atoms with van der Waals surface area (Å²) in [5.41, 5.74) is 1.61. The molecular formula is C26H27BrN2O2. The average Bonchev–Trinajstić information content (AvgIpc) is 2.80. The van der Waals surface area contributed by atoms with Crippen molar-refractivity contribution >= 4 is 43.4 Å². The number of fused-ring (bicyclic) bond motifs is 2. The van der Waals surface area contributed by atoms with E-state index >= 15 is 0 Å². The summed E-state index contributed by atoms with van der Waals surface area (Å²) in [5, 5.41) is 3.31. The van der Waals surface area contributed by atoms with Crippen LogP contribution in [0, 0.1) is 0 Å². The normalized spacial score (nSPS) is 9.77. The van der Waals surface area contributed by atoms with E-state index in [0.29, 0.717) is 0 Å². The van der Waals surface area contributed by atoms with Gasteiger partial charge in [0.05, 0.1) is 18.4 Å². The molecule has 0 aliphatic rings. The lowest BCUT2D eigenvalue weighted by Crippen LogP contribution is -1.94. The van der Waals surface area contributed by atoms with E-state index in [1.807, 2.05) is 54.9 Å². The van der Waals surface area contributed by atoms with Crippen LogP contribution in [-0.2, 0) is 4.74 Å². The Kier molecular flexibility index (Phi) is 10.4. The lowest BCUT2D eigenvalue weighted by atomic mass is 10.1. The molecule has 0 saturated heterocycles. The van der Waals surface area contributed by atoms with Crippen molar-refractivity contribution in [1.82, 2.24) is 9.97 Å². The van der Waals surface area contributed by atoms with Gasteiger partial charge >= 0.3 is 0 Å². The number of hydrogen-bond donors (Lipinski definition) is 0. The van der Waals surface area contributed by atoms with Crippen molar-refractivity contribution in [3.63, 3.8) is 0 Å². The van der Waals surface area contributed by atoms with Gasteiger partial charge < -0.3 is 4.74 Å². The molecule has 0 N–H and O–H groups in total. The molecule has 0 saturated carbocycles. The van der Waals surface area contributed by atoms with Crippen LogP contribution in [0.25, 0.3) is 21.7 Å². The fourth-order valence-corrected chi connectivity index (χ4v) is 3.27. The Bertz CT molecular complexity index is 1120. The van der Waals surface area contributed by atoms with E-state index in [4.69, 9.17) is 4.74 Å². The number of rotatable bonds is 5. The first-order valence-corrected chi connectivity index (χ1v) is 10.9. The molecule has 0 spiro atoms. The maximum Gasteiger partial charge on any atom is 0.160 e. The number of unbranched alkanes of at least 4 members (excludes halogenated alkanes) is 1. The summed E-state index contributed by atoms with van der Waals surface area (Å²) < 4.78 is 5.89. The Morgan fingerprint density at radius 2 is 1.77 bits per heavy atom. The summed E-state index contributed by atoms with van der Waals surface area (Å²) in [6.45, 7) is 7.93. The van der Waals surface area contributed by atoms with Crippen LogP contribution in [0.4, 0.5) is 0 Å². The van der Waals surface area contributed by atoms with E-state index < -0.39 is 0 Å². The Hall–Kier alpha value is -3.05. The quantitative estimate of drug-likeness (QED) is 0.170. The molecular weight excluding hydrogens is 452 g/mol. The van der Waals surface area contributed by atoms with Crippen LogP contribution in [0.3, 0.4) is 0 Å². The van der Waals surface area contributed by atoms with E-state index in [9.17, 15) is 4.79 Å². The molecule has 2 aromatic carbocycles. The monoisotopic (exact) mass is 478 g/mol. The number of aromatic nitrogens is 2. The van der Waals surface area contributed by atoms with Crippen LogP contribution in [0.1, 0.15) is 37.0 Å². The number of benzene rings is 2. The number of para-hydroxylation sites is 1. The number of pyridine rings is 2. The van der Waals surface area contributed by atoms with E-state index in [-0.39, 0.29) is 5.78 Å². The first-order chi connectivity index (χ1) is 15.1. The Labute approximate surface area is 192 Å². The van der Waals surface area contributed by atoms with E-state index in [1.165, 1.54) is 23.5 Å². The van der Waals surface area contributed by atoms with Gasteiger partial charge in [-0.05, 0) is 46.8 Å². The highest BCUT2D eigenvalue weighted by atomic mass is 79.9. The summed E-state index contributed by atoms with van der Waals surface area (Å²) in [6, 6.07) is 17.6. The van der Waals surface area contributed by atoms with Gasteiger partial charge in [-0.15, -0.1) is 0 Å². The molecule has 0 bridgehead atoms. The molecule has 0 aliphatic heterocycles. The highest BCUT2D eigenvalue weighted by molar-refractivity contribution is 9.10. The van der Waals surface area contributed by atoms with Crippen LogP contribution >= 0.6 is 15.9 Å². The fourth-order valence-electron chi connectivity index (χ4n) is 2.79. The number of carbonyl (C=O) groups is 1. The van der Waals surface area contributed by atoms with Crippen LogP contribution in [0.2, 0.25) is 0 Å². The SMILES string of the molecule is Brc1cncc2ccccc12.C=COCCCC.CC(=O)c1ccnc2ccccc12. The molecule has 160 valence electrons. The second kappa shape index (κ2) is 13.3. The van der Waals surface area contributed by atoms with Crippen molar-refractivity contribution in [2.75, 3.05) is 6.61 Å². The third kappa shape index (κ3) is 7.61. The topological polar surface area (TPSA) is 52.1 Å². The number of hydrogen-bond acceptors (Lipinski definition) is 4. The van der Waals surface area contributed by atoms with Crippen molar-refractivity contribution in [1.29, 1.82) is 0 Å². The third-order valence-corrected chi connectivity index (χ3v) is 5.01. The van der Waals surface area contributed by atoms with E-state index in [0.717, 1.165) is 34.0 Å². The van der Waals surface area contributed by atoms with E-state index in [1.54, 1.807) is 19.2 Å². The highest BCUT2D eigenvalue weighted by Crippen LogP contribution is 2.21. The van der Waals surface area contributed by atoms with Crippen molar-refractivity contribution in [2.24, 2.45) is 0 Å². The number of ether oxygens (including phenoxy) is 1. The summed E-state index contributed by atoms with van der Waals surface area (Å²) in [4.78, 5) is 19.5. The number of halogens is 1. The van der Waals surface area contributed by atoms with Gasteiger partial charge in [0.2, 0.25) is 0 Å². The molecule has 2 heterocycles. The van der Waals surface area contributed by atoms with Crippen molar-refractivity contribution in [3.8, 4) is 0 Å². The average molecular weight is 479 g/mol. The Morgan fingerprint density at radius 3 is 2.45 bits per heavy atom. The van der Waals surface area contributed by atoms with Crippen molar-refractivity contribution < 1.29 is 9.53 Å². The number of nitrogens with zero attached hydrogens (tertiary/aromatic N) is 2. The molecule has 0 fully saturated rings. The summed E-state index contributed by atoms with van der Waals surface area (Å²) >= 11 is 3.43. The number of carbonyl (C=O) groups excluding carboxylic acids is 1. The second-order valence-corrected chi connectivity index (χ2v) is 7.52. The predicted octanol–water partition coefficient (Wildman–Crippen LogP) is 7.38. The first-order valence-electron chi connectivity index (χ1n) is 10.1. The van der Waals surface area contributed by atoms with Crippen molar-refractivity contribution in [3.05, 3.63) is 96.1 Å². The zero-order valence-electron chi connectivity index (χ0n) is 17.9. The van der Waals surface area contributed by atoms with Gasteiger partial charge in [0.1, 0.15) is 0 Å². The molecule has 4 nitrogen and oxygen atoms in total. The summed E-state index contributed by atoms with van der Waals surface area (Å²) in [7, 11) is 0. The molecule has 0 atom stereocenters. The number of Topliss-reactive ketones (excluding diaryl/α,β-unsaturated/α-hetero) is 1. The fraction of sp³-hybridized carbons (Fsp3) is 0.192. The van der Waals surface area contributed by atoms with Crippen LogP contribution < -0.4 is 0 Å². The molecule has 0 unspecified atom stereocenters. The van der Waals surface area contributed by atoms with Crippen LogP contribution in [-0.4, -0.2) is 22.4 Å². The molecule has 0 amide bonds. The van der Waals surface area contributed by atoms with Crippen molar-refractivity contribution in [2.45, 2.75) is 26.7 Å².